The average Bonchev–Trinajstić information content (AvgIpc) is 3.20. The normalized spacial score (nSPS) is 16.2. The number of carbonyl (C=O) groups is 1. The Bertz CT molecular complexity index is 1420. The maximum Gasteiger partial charge on any atom is 0.243 e. The lowest BCUT2D eigenvalue weighted by atomic mass is 9.97. The van der Waals surface area contributed by atoms with Gasteiger partial charge in [-0.1, -0.05) is 31.3 Å². The number of hydrogen-bond donors (Lipinski definition) is 1. The molecule has 1 aliphatic rings. The van der Waals surface area contributed by atoms with Crippen molar-refractivity contribution < 1.29 is 21.6 Å². The van der Waals surface area contributed by atoms with Gasteiger partial charge in [-0.05, 0) is 60.7 Å². The first-order chi connectivity index (χ1) is 15.9. The molecule has 0 saturated carbocycles. The third-order valence-corrected chi connectivity index (χ3v) is 10.00. The molecule has 1 aromatic heterocycles. The van der Waals surface area contributed by atoms with Gasteiger partial charge in [0, 0.05) is 25.3 Å². The number of piperidine rings is 1. The molecule has 0 radical (unpaired) electrons. The van der Waals surface area contributed by atoms with Gasteiger partial charge in [-0.2, -0.15) is 4.31 Å². The van der Waals surface area contributed by atoms with Crippen molar-refractivity contribution in [2.45, 2.75) is 42.4 Å². The zero-order chi connectivity index (χ0) is 24.7. The molecular formula is C23H27N3O5S3. The number of hydrogen-bond acceptors (Lipinski definition) is 7. The van der Waals surface area contributed by atoms with Gasteiger partial charge in [-0.3, -0.25) is 4.79 Å². The molecule has 2 aromatic carbocycles. The monoisotopic (exact) mass is 521 g/mol. The maximum atomic E-state index is 13.0. The molecule has 4 rings (SSSR count). The van der Waals surface area contributed by atoms with Crippen LogP contribution in [0.2, 0.25) is 0 Å². The molecule has 2 heterocycles. The third kappa shape index (κ3) is 5.17. The predicted molar refractivity (Wildman–Crippen MR) is 133 cm³/mol. The van der Waals surface area contributed by atoms with Gasteiger partial charge in [0.05, 0.1) is 20.0 Å². The third-order valence-electron chi connectivity index (χ3n) is 6.02. The molecule has 34 heavy (non-hydrogen) atoms. The number of aromatic nitrogens is 1. The summed E-state index contributed by atoms with van der Waals surface area (Å²) in [5.74, 6) is -0.0568. The Hall–Kier alpha value is -2.34. The molecule has 1 N–H and O–H groups in total. The second-order valence-corrected chi connectivity index (χ2v) is 13.8. The number of anilines is 1. The van der Waals surface area contributed by atoms with Gasteiger partial charge in [0.2, 0.25) is 15.9 Å². The van der Waals surface area contributed by atoms with Crippen molar-refractivity contribution in [1.29, 1.82) is 0 Å². The highest BCUT2D eigenvalue weighted by Gasteiger charge is 2.32. The Balaban J connectivity index is 1.39. The molecule has 11 heteroatoms. The van der Waals surface area contributed by atoms with Crippen molar-refractivity contribution in [3.63, 3.8) is 0 Å². The van der Waals surface area contributed by atoms with Crippen LogP contribution in [0, 0.1) is 5.92 Å². The van der Waals surface area contributed by atoms with Crippen molar-refractivity contribution in [2.24, 2.45) is 5.92 Å². The first kappa shape index (κ1) is 24.8. The number of sulfone groups is 1. The number of carbonyl (C=O) groups excluding carboxylic acids is 1. The molecule has 1 amide bonds. The van der Waals surface area contributed by atoms with Gasteiger partial charge >= 0.3 is 0 Å². The minimum absolute atomic E-state index is 0.0399. The van der Waals surface area contributed by atoms with Gasteiger partial charge in [-0.15, -0.1) is 0 Å². The molecule has 0 atom stereocenters. The highest BCUT2D eigenvalue weighted by molar-refractivity contribution is 7.90. The fraction of sp³-hybridized carbons (Fsp3) is 0.391. The van der Waals surface area contributed by atoms with E-state index >= 15 is 0 Å². The fourth-order valence-corrected chi connectivity index (χ4v) is 6.94. The summed E-state index contributed by atoms with van der Waals surface area (Å²) in [5.41, 5.74) is 2.06. The lowest BCUT2D eigenvalue weighted by molar-refractivity contribution is -0.120. The number of nitrogens with one attached hydrogen (secondary N) is 1. The number of thiazole rings is 1. The number of amides is 1. The van der Waals surface area contributed by atoms with E-state index in [1.165, 1.54) is 45.5 Å². The Labute approximate surface area is 204 Å². The first-order valence-electron chi connectivity index (χ1n) is 11.0. The van der Waals surface area contributed by atoms with E-state index in [0.29, 0.717) is 23.9 Å². The van der Waals surface area contributed by atoms with E-state index in [2.05, 4.69) is 30.2 Å². The number of benzene rings is 2. The standard InChI is InChI=1S/C23H27N3O5S3/c1-15(2)17-4-9-20-21(14-17)32-23(24-20)25-22(27)16-10-12-26(13-11-16)34(30,31)19-7-5-18(6-8-19)33(3,28)29/h4-9,14-16H,10-13H2,1-3H3,(H,24,25,27). The van der Waals surface area contributed by atoms with Crippen molar-refractivity contribution in [3.8, 4) is 0 Å². The van der Waals surface area contributed by atoms with Crippen LogP contribution >= 0.6 is 11.3 Å². The summed E-state index contributed by atoms with van der Waals surface area (Å²) in [7, 11) is -7.17. The van der Waals surface area contributed by atoms with Gasteiger partial charge in [0.1, 0.15) is 0 Å². The van der Waals surface area contributed by atoms with Crippen LogP contribution in [0.3, 0.4) is 0 Å². The maximum absolute atomic E-state index is 13.0. The van der Waals surface area contributed by atoms with E-state index in [1.54, 1.807) is 0 Å². The Morgan fingerprint density at radius 3 is 2.24 bits per heavy atom. The van der Waals surface area contributed by atoms with Crippen LogP contribution in [0.1, 0.15) is 38.2 Å². The first-order valence-corrected chi connectivity index (χ1v) is 15.1. The van der Waals surface area contributed by atoms with E-state index in [9.17, 15) is 21.6 Å². The molecule has 3 aromatic rings. The number of fused-ring (bicyclic) bond motifs is 1. The molecule has 0 aliphatic carbocycles. The zero-order valence-electron chi connectivity index (χ0n) is 19.2. The van der Waals surface area contributed by atoms with Crippen molar-refractivity contribution in [3.05, 3.63) is 48.0 Å². The summed E-state index contributed by atoms with van der Waals surface area (Å²) in [5, 5.41) is 3.44. The minimum atomic E-state index is -3.76. The van der Waals surface area contributed by atoms with Crippen LogP contribution in [-0.2, 0) is 24.7 Å². The number of sulfonamides is 1. The van der Waals surface area contributed by atoms with Gasteiger partial charge in [0.15, 0.2) is 15.0 Å². The van der Waals surface area contributed by atoms with Crippen LogP contribution in [0.15, 0.2) is 52.3 Å². The van der Waals surface area contributed by atoms with E-state index in [-0.39, 0.29) is 34.7 Å². The second-order valence-electron chi connectivity index (χ2n) is 8.81. The number of nitrogens with zero attached hydrogens (tertiary/aromatic N) is 2. The van der Waals surface area contributed by atoms with E-state index in [1.807, 2.05) is 12.1 Å². The Morgan fingerprint density at radius 1 is 1.03 bits per heavy atom. The summed E-state index contributed by atoms with van der Waals surface area (Å²) in [6.45, 7) is 4.68. The Morgan fingerprint density at radius 2 is 1.65 bits per heavy atom. The molecule has 0 bridgehead atoms. The predicted octanol–water partition coefficient (Wildman–Crippen LogP) is 3.86. The molecule has 182 valence electrons. The van der Waals surface area contributed by atoms with Gasteiger partial charge < -0.3 is 5.32 Å². The molecule has 1 saturated heterocycles. The van der Waals surface area contributed by atoms with Crippen LogP contribution in [0.5, 0.6) is 0 Å². The molecule has 1 aliphatic heterocycles. The average molecular weight is 522 g/mol. The Kier molecular flexibility index (Phi) is 6.83. The minimum Gasteiger partial charge on any atom is -0.302 e. The smallest absolute Gasteiger partial charge is 0.243 e. The van der Waals surface area contributed by atoms with Crippen LogP contribution in [0.25, 0.3) is 10.2 Å². The quantitative estimate of drug-likeness (QED) is 0.527. The molecular weight excluding hydrogens is 494 g/mol. The zero-order valence-corrected chi connectivity index (χ0v) is 21.6. The summed E-state index contributed by atoms with van der Waals surface area (Å²) >= 11 is 1.43. The van der Waals surface area contributed by atoms with E-state index in [0.717, 1.165) is 16.5 Å². The largest absolute Gasteiger partial charge is 0.302 e. The van der Waals surface area contributed by atoms with Crippen molar-refractivity contribution in [1.82, 2.24) is 9.29 Å². The molecule has 0 spiro atoms. The van der Waals surface area contributed by atoms with Crippen molar-refractivity contribution >= 4 is 52.5 Å². The SMILES string of the molecule is CC(C)c1ccc2nc(NC(=O)C3CCN(S(=O)(=O)c4ccc(S(C)(=O)=O)cc4)CC3)sc2c1. The summed E-state index contributed by atoms with van der Waals surface area (Å²) < 4.78 is 51.5. The van der Waals surface area contributed by atoms with Crippen LogP contribution in [0.4, 0.5) is 5.13 Å². The van der Waals surface area contributed by atoms with Gasteiger partial charge in [0.25, 0.3) is 0 Å². The second kappa shape index (κ2) is 9.37. The van der Waals surface area contributed by atoms with E-state index < -0.39 is 19.9 Å². The summed E-state index contributed by atoms with van der Waals surface area (Å²) in [4.78, 5) is 17.4. The molecule has 1 fully saturated rings. The van der Waals surface area contributed by atoms with E-state index in [4.69, 9.17) is 0 Å². The van der Waals surface area contributed by atoms with Gasteiger partial charge in [-0.25, -0.2) is 21.8 Å². The lowest BCUT2D eigenvalue weighted by Gasteiger charge is -2.30. The summed E-state index contributed by atoms with van der Waals surface area (Å²) in [6.07, 6.45) is 1.87. The highest BCUT2D eigenvalue weighted by atomic mass is 32.2. The molecule has 0 unspecified atom stereocenters. The van der Waals surface area contributed by atoms with Crippen LogP contribution in [-0.4, -0.2) is 51.4 Å². The summed E-state index contributed by atoms with van der Waals surface area (Å²) in [6, 6.07) is 11.3. The van der Waals surface area contributed by atoms with Crippen LogP contribution < -0.4 is 5.32 Å². The molecule has 8 nitrogen and oxygen atoms in total. The highest BCUT2D eigenvalue weighted by Crippen LogP contribution is 2.30. The van der Waals surface area contributed by atoms with Crippen molar-refractivity contribution in [2.75, 3.05) is 24.7 Å². The lowest BCUT2D eigenvalue weighted by Crippen LogP contribution is -2.41. The topological polar surface area (TPSA) is 114 Å². The number of rotatable bonds is 6. The fourth-order valence-electron chi connectivity index (χ4n) is 3.93.